The topological polar surface area (TPSA) is 57.3 Å². The number of carbonyl (C=O) groups excluding carboxylic acids is 1. The van der Waals surface area contributed by atoms with Gasteiger partial charge in [0.1, 0.15) is 0 Å². The molecule has 0 aliphatic carbocycles. The number of para-hydroxylation sites is 1. The Balaban J connectivity index is 0.00000288. The molecule has 2 N–H and O–H groups in total. The molecule has 0 radical (unpaired) electrons. The Kier molecular flexibility index (Phi) is 8.54. The number of halogens is 2. The third kappa shape index (κ3) is 6.00. The lowest BCUT2D eigenvalue weighted by Crippen LogP contribution is -2.18. The summed E-state index contributed by atoms with van der Waals surface area (Å²) in [6.45, 7) is 1.79. The Labute approximate surface area is 153 Å². The number of benzene rings is 1. The minimum Gasteiger partial charge on any atom is -0.384 e. The summed E-state index contributed by atoms with van der Waals surface area (Å²) in [5, 5.41) is 6.57. The van der Waals surface area contributed by atoms with Gasteiger partial charge in [-0.2, -0.15) is 0 Å². The molecule has 24 heavy (non-hydrogen) atoms. The van der Waals surface area contributed by atoms with Crippen molar-refractivity contribution in [2.24, 2.45) is 0 Å². The quantitative estimate of drug-likeness (QED) is 0.730. The molecule has 130 valence electrons. The Morgan fingerprint density at radius 2 is 1.96 bits per heavy atom. The Bertz CT molecular complexity index is 665. The van der Waals surface area contributed by atoms with E-state index in [1.54, 1.807) is 18.3 Å². The molecule has 0 atom stereocenters. The van der Waals surface area contributed by atoms with E-state index in [0.717, 1.165) is 25.2 Å². The van der Waals surface area contributed by atoms with E-state index in [4.69, 9.17) is 11.6 Å². The molecular weight excluding hydrogens is 347 g/mol. The lowest BCUT2D eigenvalue weighted by molar-refractivity contribution is 0.102. The molecule has 0 saturated heterocycles. The fourth-order valence-corrected chi connectivity index (χ4v) is 2.27. The number of aromatic nitrogens is 1. The normalized spacial score (nSPS) is 10.2. The van der Waals surface area contributed by atoms with E-state index in [-0.39, 0.29) is 18.3 Å². The summed E-state index contributed by atoms with van der Waals surface area (Å²) in [5.41, 5.74) is 1.89. The van der Waals surface area contributed by atoms with Gasteiger partial charge in [0, 0.05) is 18.4 Å². The molecule has 7 heteroatoms. The molecule has 1 amide bonds. The van der Waals surface area contributed by atoms with Crippen LogP contribution < -0.4 is 10.6 Å². The van der Waals surface area contributed by atoms with Crippen LogP contribution in [-0.2, 0) is 0 Å². The second-order valence-electron chi connectivity index (χ2n) is 5.44. The smallest absolute Gasteiger partial charge is 0.257 e. The first kappa shape index (κ1) is 20.2. The van der Waals surface area contributed by atoms with Gasteiger partial charge in [-0.15, -0.1) is 12.4 Å². The number of amides is 1. The first-order valence-electron chi connectivity index (χ1n) is 7.46. The van der Waals surface area contributed by atoms with Crippen LogP contribution >= 0.6 is 24.0 Å². The molecule has 0 fully saturated rings. The summed E-state index contributed by atoms with van der Waals surface area (Å²) < 4.78 is 0. The van der Waals surface area contributed by atoms with Crippen LogP contribution in [-0.4, -0.2) is 43.0 Å². The Morgan fingerprint density at radius 1 is 1.21 bits per heavy atom. The second kappa shape index (κ2) is 10.1. The first-order valence-corrected chi connectivity index (χ1v) is 7.84. The van der Waals surface area contributed by atoms with Gasteiger partial charge in [-0.25, -0.2) is 0 Å². The highest BCUT2D eigenvalue weighted by Gasteiger charge is 2.12. The van der Waals surface area contributed by atoms with E-state index in [1.807, 2.05) is 32.3 Å². The summed E-state index contributed by atoms with van der Waals surface area (Å²) in [5.74, 6) is -0.212. The van der Waals surface area contributed by atoms with E-state index >= 15 is 0 Å². The van der Waals surface area contributed by atoms with Crippen molar-refractivity contribution in [2.45, 2.75) is 6.42 Å². The zero-order valence-corrected chi connectivity index (χ0v) is 15.3. The minimum absolute atomic E-state index is 0. The maximum atomic E-state index is 12.5. The Hall–Kier alpha value is -1.82. The SMILES string of the molecule is CN(C)CCCNc1ccccc1C(=O)Nc1cnccc1Cl.Cl. The summed E-state index contributed by atoms with van der Waals surface area (Å²) in [6, 6.07) is 9.07. The molecule has 5 nitrogen and oxygen atoms in total. The van der Waals surface area contributed by atoms with Gasteiger partial charge >= 0.3 is 0 Å². The van der Waals surface area contributed by atoms with Gasteiger partial charge in [0.15, 0.2) is 0 Å². The van der Waals surface area contributed by atoms with E-state index in [1.165, 1.54) is 6.20 Å². The number of anilines is 2. The van der Waals surface area contributed by atoms with Gasteiger partial charge < -0.3 is 15.5 Å². The van der Waals surface area contributed by atoms with E-state index in [0.29, 0.717) is 16.3 Å². The van der Waals surface area contributed by atoms with Crippen LogP contribution in [0.15, 0.2) is 42.7 Å². The predicted molar refractivity (Wildman–Crippen MR) is 103 cm³/mol. The maximum absolute atomic E-state index is 12.5. The molecule has 1 aromatic carbocycles. The largest absolute Gasteiger partial charge is 0.384 e. The summed E-state index contributed by atoms with van der Waals surface area (Å²) in [6.07, 6.45) is 4.11. The third-order valence-corrected chi connectivity index (χ3v) is 3.61. The van der Waals surface area contributed by atoms with Gasteiger partial charge in [0.05, 0.1) is 22.5 Å². The predicted octanol–water partition coefficient (Wildman–Crippen LogP) is 3.77. The van der Waals surface area contributed by atoms with Crippen molar-refractivity contribution >= 4 is 41.3 Å². The number of nitrogens with one attached hydrogen (secondary N) is 2. The van der Waals surface area contributed by atoms with Gasteiger partial charge in [0.25, 0.3) is 5.91 Å². The van der Waals surface area contributed by atoms with Crippen LogP contribution in [0.3, 0.4) is 0 Å². The van der Waals surface area contributed by atoms with E-state index < -0.39 is 0 Å². The average Bonchev–Trinajstić information content (AvgIpc) is 2.54. The standard InChI is InChI=1S/C17H21ClN4O.ClH/c1-22(2)11-5-9-20-15-7-4-3-6-13(15)17(23)21-16-12-19-10-8-14(16)18;/h3-4,6-8,10,12,20H,5,9,11H2,1-2H3,(H,21,23);1H. The molecule has 1 heterocycles. The summed E-state index contributed by atoms with van der Waals surface area (Å²) in [4.78, 5) is 18.6. The fourth-order valence-electron chi connectivity index (χ4n) is 2.11. The molecule has 0 aliphatic heterocycles. The molecule has 2 aromatic rings. The lowest BCUT2D eigenvalue weighted by atomic mass is 10.1. The van der Waals surface area contributed by atoms with Crippen LogP contribution in [0, 0.1) is 0 Å². The highest BCUT2D eigenvalue weighted by atomic mass is 35.5. The Morgan fingerprint density at radius 3 is 2.67 bits per heavy atom. The number of pyridine rings is 1. The van der Waals surface area contributed by atoms with Crippen molar-refractivity contribution in [3.63, 3.8) is 0 Å². The van der Waals surface area contributed by atoms with E-state index in [2.05, 4.69) is 20.5 Å². The van der Waals surface area contributed by atoms with Gasteiger partial charge in [-0.3, -0.25) is 9.78 Å². The van der Waals surface area contributed by atoms with Gasteiger partial charge in [0.2, 0.25) is 0 Å². The monoisotopic (exact) mass is 368 g/mol. The highest BCUT2D eigenvalue weighted by Crippen LogP contribution is 2.22. The van der Waals surface area contributed by atoms with Crippen LogP contribution in [0.4, 0.5) is 11.4 Å². The van der Waals surface area contributed by atoms with Crippen molar-refractivity contribution in [3.8, 4) is 0 Å². The third-order valence-electron chi connectivity index (χ3n) is 3.29. The van der Waals surface area contributed by atoms with Crippen LogP contribution in [0.1, 0.15) is 16.8 Å². The lowest BCUT2D eigenvalue weighted by Gasteiger charge is -2.14. The molecule has 0 unspecified atom stereocenters. The number of carbonyl (C=O) groups is 1. The number of hydrogen-bond donors (Lipinski definition) is 2. The first-order chi connectivity index (χ1) is 11.1. The van der Waals surface area contributed by atoms with E-state index in [9.17, 15) is 4.79 Å². The second-order valence-corrected chi connectivity index (χ2v) is 5.85. The zero-order valence-electron chi connectivity index (χ0n) is 13.8. The summed E-state index contributed by atoms with van der Waals surface area (Å²) in [7, 11) is 4.08. The molecule has 1 aromatic heterocycles. The molecule has 0 aliphatic rings. The number of hydrogen-bond acceptors (Lipinski definition) is 4. The molecule has 0 spiro atoms. The average molecular weight is 369 g/mol. The number of rotatable bonds is 7. The maximum Gasteiger partial charge on any atom is 0.257 e. The van der Waals surface area contributed by atoms with Crippen molar-refractivity contribution in [2.75, 3.05) is 37.8 Å². The van der Waals surface area contributed by atoms with Gasteiger partial charge in [-0.1, -0.05) is 23.7 Å². The van der Waals surface area contributed by atoms with Gasteiger partial charge in [-0.05, 0) is 45.3 Å². The van der Waals surface area contributed by atoms with Crippen molar-refractivity contribution in [3.05, 3.63) is 53.3 Å². The minimum atomic E-state index is -0.212. The fraction of sp³-hybridized carbons (Fsp3) is 0.294. The van der Waals surface area contributed by atoms with Crippen molar-refractivity contribution in [1.29, 1.82) is 0 Å². The molecular formula is C17H22Cl2N4O. The van der Waals surface area contributed by atoms with Crippen molar-refractivity contribution in [1.82, 2.24) is 9.88 Å². The van der Waals surface area contributed by atoms with Crippen molar-refractivity contribution < 1.29 is 4.79 Å². The zero-order chi connectivity index (χ0) is 16.7. The highest BCUT2D eigenvalue weighted by molar-refractivity contribution is 6.33. The van der Waals surface area contributed by atoms with Crippen LogP contribution in [0.25, 0.3) is 0 Å². The van der Waals surface area contributed by atoms with Crippen LogP contribution in [0.5, 0.6) is 0 Å². The van der Waals surface area contributed by atoms with Crippen LogP contribution in [0.2, 0.25) is 5.02 Å². The number of nitrogens with zero attached hydrogens (tertiary/aromatic N) is 2. The molecule has 0 saturated carbocycles. The molecule has 0 bridgehead atoms. The summed E-state index contributed by atoms with van der Waals surface area (Å²) >= 11 is 6.05. The molecule has 2 rings (SSSR count).